The smallest absolute Gasteiger partial charge is 0.259 e. The SMILES string of the molecule is Cc1nc(C)n(CCC(=O)N2CCC(c3c(C(N)=O)sc4ccccc34)C2)n1. The van der Waals surface area contributed by atoms with Gasteiger partial charge in [-0.1, -0.05) is 18.2 Å². The normalized spacial score (nSPS) is 16.8. The Morgan fingerprint density at radius 1 is 1.29 bits per heavy atom. The van der Waals surface area contributed by atoms with E-state index in [0.717, 1.165) is 33.7 Å². The van der Waals surface area contributed by atoms with E-state index in [0.29, 0.717) is 30.9 Å². The summed E-state index contributed by atoms with van der Waals surface area (Å²) in [7, 11) is 0. The number of fused-ring (bicyclic) bond motifs is 1. The Bertz CT molecular complexity index is 1050. The Kier molecular flexibility index (Phi) is 4.89. The molecule has 0 radical (unpaired) electrons. The lowest BCUT2D eigenvalue weighted by atomic mass is 9.95. The number of primary amides is 1. The topological polar surface area (TPSA) is 94.1 Å². The molecule has 0 saturated carbocycles. The van der Waals surface area contributed by atoms with E-state index in [1.807, 2.05) is 43.0 Å². The number of carbonyl (C=O) groups is 2. The lowest BCUT2D eigenvalue weighted by Gasteiger charge is -2.17. The Labute approximate surface area is 167 Å². The molecule has 1 aliphatic heterocycles. The zero-order valence-corrected chi connectivity index (χ0v) is 16.8. The molecule has 1 fully saturated rings. The number of likely N-dealkylation sites (tertiary alicyclic amines) is 1. The van der Waals surface area contributed by atoms with Gasteiger partial charge in [0.25, 0.3) is 5.91 Å². The summed E-state index contributed by atoms with van der Waals surface area (Å²) in [5, 5.41) is 5.39. The summed E-state index contributed by atoms with van der Waals surface area (Å²) in [5.74, 6) is 1.39. The number of hydrogen-bond acceptors (Lipinski definition) is 5. The van der Waals surface area contributed by atoms with Crippen molar-refractivity contribution < 1.29 is 9.59 Å². The number of aryl methyl sites for hydroxylation is 3. The van der Waals surface area contributed by atoms with E-state index < -0.39 is 5.91 Å². The monoisotopic (exact) mass is 397 g/mol. The van der Waals surface area contributed by atoms with Crippen LogP contribution in [0.3, 0.4) is 0 Å². The van der Waals surface area contributed by atoms with Gasteiger partial charge < -0.3 is 10.6 Å². The molecule has 1 aliphatic rings. The van der Waals surface area contributed by atoms with Gasteiger partial charge in [-0.05, 0) is 37.3 Å². The quantitative estimate of drug-likeness (QED) is 0.716. The second-order valence-corrected chi connectivity index (χ2v) is 8.26. The number of nitrogens with zero attached hydrogens (tertiary/aromatic N) is 4. The maximum absolute atomic E-state index is 12.7. The molecule has 7 nitrogen and oxygen atoms in total. The predicted octanol–water partition coefficient (Wildman–Crippen LogP) is 2.61. The summed E-state index contributed by atoms with van der Waals surface area (Å²) in [6.07, 6.45) is 1.23. The third-order valence-electron chi connectivity index (χ3n) is 5.31. The lowest BCUT2D eigenvalue weighted by molar-refractivity contribution is -0.130. The lowest BCUT2D eigenvalue weighted by Crippen LogP contribution is -2.29. The highest BCUT2D eigenvalue weighted by Crippen LogP contribution is 2.40. The van der Waals surface area contributed by atoms with E-state index in [9.17, 15) is 9.59 Å². The van der Waals surface area contributed by atoms with Crippen LogP contribution in [0.5, 0.6) is 0 Å². The van der Waals surface area contributed by atoms with Crippen LogP contribution in [0.1, 0.15) is 45.6 Å². The van der Waals surface area contributed by atoms with E-state index in [1.54, 1.807) is 4.68 Å². The first-order valence-corrected chi connectivity index (χ1v) is 10.2. The zero-order chi connectivity index (χ0) is 19.8. The molecule has 1 atom stereocenters. The average molecular weight is 398 g/mol. The van der Waals surface area contributed by atoms with Gasteiger partial charge in [-0.15, -0.1) is 11.3 Å². The van der Waals surface area contributed by atoms with E-state index in [-0.39, 0.29) is 11.8 Å². The number of hydrogen-bond donors (Lipinski definition) is 1. The number of amides is 2. The van der Waals surface area contributed by atoms with Crippen LogP contribution >= 0.6 is 11.3 Å². The minimum absolute atomic E-state index is 0.107. The molecule has 1 saturated heterocycles. The van der Waals surface area contributed by atoms with E-state index in [2.05, 4.69) is 10.1 Å². The first-order valence-electron chi connectivity index (χ1n) is 9.41. The summed E-state index contributed by atoms with van der Waals surface area (Å²) >= 11 is 1.44. The molecule has 2 N–H and O–H groups in total. The fourth-order valence-electron chi connectivity index (χ4n) is 4.01. The Balaban J connectivity index is 1.49. The van der Waals surface area contributed by atoms with E-state index in [1.165, 1.54) is 11.3 Å². The van der Waals surface area contributed by atoms with Gasteiger partial charge >= 0.3 is 0 Å². The van der Waals surface area contributed by atoms with Gasteiger partial charge in [0, 0.05) is 30.1 Å². The molecule has 0 spiro atoms. The largest absolute Gasteiger partial charge is 0.365 e. The maximum Gasteiger partial charge on any atom is 0.259 e. The zero-order valence-electron chi connectivity index (χ0n) is 16.0. The molecule has 28 heavy (non-hydrogen) atoms. The molecular weight excluding hydrogens is 374 g/mol. The summed E-state index contributed by atoms with van der Waals surface area (Å²) < 4.78 is 2.84. The molecule has 2 amide bonds. The van der Waals surface area contributed by atoms with Gasteiger partial charge in [-0.25, -0.2) is 9.67 Å². The predicted molar refractivity (Wildman–Crippen MR) is 108 cm³/mol. The molecule has 0 aliphatic carbocycles. The van der Waals surface area contributed by atoms with Crippen LogP contribution in [0, 0.1) is 13.8 Å². The average Bonchev–Trinajstić information content (AvgIpc) is 3.35. The molecule has 1 unspecified atom stereocenters. The fourth-order valence-corrected chi connectivity index (χ4v) is 5.15. The molecule has 3 aromatic rings. The minimum atomic E-state index is -0.391. The number of carbonyl (C=O) groups excluding carboxylic acids is 2. The third-order valence-corrected chi connectivity index (χ3v) is 6.51. The molecule has 3 heterocycles. The van der Waals surface area contributed by atoms with Crippen molar-refractivity contribution in [2.45, 2.75) is 39.2 Å². The van der Waals surface area contributed by atoms with E-state index in [4.69, 9.17) is 5.73 Å². The van der Waals surface area contributed by atoms with Crippen molar-refractivity contribution in [2.24, 2.45) is 5.73 Å². The van der Waals surface area contributed by atoms with E-state index >= 15 is 0 Å². The molecule has 4 rings (SSSR count). The number of benzene rings is 1. The number of aromatic nitrogens is 3. The molecule has 8 heteroatoms. The minimum Gasteiger partial charge on any atom is -0.365 e. The van der Waals surface area contributed by atoms with Crippen molar-refractivity contribution in [3.05, 3.63) is 46.4 Å². The Hall–Kier alpha value is -2.74. The molecule has 2 aromatic heterocycles. The van der Waals surface area contributed by atoms with Gasteiger partial charge in [0.1, 0.15) is 11.6 Å². The van der Waals surface area contributed by atoms with Gasteiger partial charge in [-0.3, -0.25) is 9.59 Å². The van der Waals surface area contributed by atoms with Crippen molar-refractivity contribution in [2.75, 3.05) is 13.1 Å². The summed E-state index contributed by atoms with van der Waals surface area (Å²) in [5.41, 5.74) is 6.65. The second-order valence-electron chi connectivity index (χ2n) is 7.21. The second kappa shape index (κ2) is 7.35. The van der Waals surface area contributed by atoms with Gasteiger partial charge in [0.05, 0.1) is 11.4 Å². The van der Waals surface area contributed by atoms with Gasteiger partial charge in [-0.2, -0.15) is 5.10 Å². The summed E-state index contributed by atoms with van der Waals surface area (Å²) in [6, 6.07) is 7.99. The van der Waals surface area contributed by atoms with Crippen molar-refractivity contribution >= 4 is 33.2 Å². The highest BCUT2D eigenvalue weighted by Gasteiger charge is 2.32. The van der Waals surface area contributed by atoms with Crippen LogP contribution in [0.4, 0.5) is 0 Å². The van der Waals surface area contributed by atoms with Crippen LogP contribution in [0.2, 0.25) is 0 Å². The van der Waals surface area contributed by atoms with Crippen molar-refractivity contribution in [1.29, 1.82) is 0 Å². The van der Waals surface area contributed by atoms with Crippen LogP contribution < -0.4 is 5.73 Å². The molecule has 0 bridgehead atoms. The Morgan fingerprint density at radius 3 is 2.79 bits per heavy atom. The molecular formula is C20H23N5O2S. The third kappa shape index (κ3) is 3.40. The highest BCUT2D eigenvalue weighted by atomic mass is 32.1. The number of nitrogens with two attached hydrogens (primary N) is 1. The van der Waals surface area contributed by atoms with Gasteiger partial charge in [0.15, 0.2) is 0 Å². The highest BCUT2D eigenvalue weighted by molar-refractivity contribution is 7.21. The standard InChI is InChI=1S/C20H23N5O2S/c1-12-22-13(2)25(23-12)10-8-17(26)24-9-7-14(11-24)18-15-5-3-4-6-16(15)28-19(18)20(21)27/h3-6,14H,7-11H2,1-2H3,(H2,21,27). The van der Waals surface area contributed by atoms with Crippen LogP contribution in [0.15, 0.2) is 24.3 Å². The Morgan fingerprint density at radius 2 is 2.07 bits per heavy atom. The van der Waals surface area contributed by atoms with Crippen molar-refractivity contribution in [3.63, 3.8) is 0 Å². The summed E-state index contributed by atoms with van der Waals surface area (Å²) in [4.78, 5) is 31.5. The van der Waals surface area contributed by atoms with Crippen molar-refractivity contribution in [1.82, 2.24) is 19.7 Å². The van der Waals surface area contributed by atoms with Crippen LogP contribution in [-0.4, -0.2) is 44.6 Å². The van der Waals surface area contributed by atoms with Gasteiger partial charge in [0.2, 0.25) is 5.91 Å². The first-order chi connectivity index (χ1) is 13.4. The molecule has 146 valence electrons. The number of rotatable bonds is 5. The molecule has 1 aromatic carbocycles. The number of thiophene rings is 1. The van der Waals surface area contributed by atoms with Crippen LogP contribution in [0.25, 0.3) is 10.1 Å². The first kappa shape index (κ1) is 18.6. The van der Waals surface area contributed by atoms with Crippen LogP contribution in [-0.2, 0) is 11.3 Å². The maximum atomic E-state index is 12.7. The summed E-state index contributed by atoms with van der Waals surface area (Å²) in [6.45, 7) is 5.58. The fraction of sp³-hybridized carbons (Fsp3) is 0.400. The van der Waals surface area contributed by atoms with Crippen molar-refractivity contribution in [3.8, 4) is 0 Å².